The maximum atomic E-state index is 13.2. The van der Waals surface area contributed by atoms with Gasteiger partial charge in [0.2, 0.25) is 0 Å². The Balaban J connectivity index is 1.85. The number of anilines is 1. The van der Waals surface area contributed by atoms with Crippen molar-refractivity contribution in [1.29, 1.82) is 0 Å². The molecule has 0 aromatic heterocycles. The summed E-state index contributed by atoms with van der Waals surface area (Å²) in [6.07, 6.45) is 0.540. The van der Waals surface area contributed by atoms with Crippen molar-refractivity contribution in [2.45, 2.75) is 18.6 Å². The zero-order chi connectivity index (χ0) is 15.3. The summed E-state index contributed by atoms with van der Waals surface area (Å²) in [5.74, 6) is -0.399. The number of nitrogens with one attached hydrogen (secondary N) is 1. The predicted molar refractivity (Wildman–Crippen MR) is 81.9 cm³/mol. The number of carbonyl (C=O) groups is 1. The fraction of sp³-hybridized carbons (Fsp3) is 0.235. The number of hydrogen-bond acceptors (Lipinski definition) is 3. The van der Waals surface area contributed by atoms with E-state index in [1.165, 1.54) is 12.1 Å². The van der Waals surface area contributed by atoms with Crippen LogP contribution in [0.2, 0.25) is 0 Å². The highest BCUT2D eigenvalue weighted by Crippen LogP contribution is 2.41. The molecule has 0 unspecified atom stereocenters. The molecule has 112 valence electrons. The zero-order valence-electron chi connectivity index (χ0n) is 11.9. The van der Waals surface area contributed by atoms with Crippen molar-refractivity contribution in [2.24, 2.45) is 5.73 Å². The standard InChI is InChI=1S/C17H16FN3O/c18-11-6-4-10(5-7-11)16-20-17(22)13-3-1-2-12-14(19)8-9-21(16)15(12)13/h1-7,14,16H,8-9,19H2,(H,20,22)/t14-,16-/m0/s1. The van der Waals surface area contributed by atoms with Crippen LogP contribution < -0.4 is 16.0 Å². The van der Waals surface area contributed by atoms with Crippen LogP contribution in [0.4, 0.5) is 10.1 Å². The minimum absolute atomic E-state index is 0.0500. The molecule has 5 heteroatoms. The van der Waals surface area contributed by atoms with E-state index in [-0.39, 0.29) is 23.9 Å². The summed E-state index contributed by atoms with van der Waals surface area (Å²) in [6, 6.07) is 11.9. The lowest BCUT2D eigenvalue weighted by Crippen LogP contribution is -2.49. The minimum Gasteiger partial charge on any atom is -0.346 e. The first-order valence-electron chi connectivity index (χ1n) is 7.36. The van der Waals surface area contributed by atoms with E-state index < -0.39 is 0 Å². The van der Waals surface area contributed by atoms with E-state index in [0.717, 1.165) is 29.8 Å². The van der Waals surface area contributed by atoms with E-state index in [2.05, 4.69) is 10.2 Å². The number of carbonyl (C=O) groups excluding carboxylic acids is 1. The van der Waals surface area contributed by atoms with Gasteiger partial charge in [-0.2, -0.15) is 0 Å². The molecule has 2 heterocycles. The van der Waals surface area contributed by atoms with Gasteiger partial charge in [0, 0.05) is 12.6 Å². The molecule has 2 aliphatic heterocycles. The quantitative estimate of drug-likeness (QED) is 0.850. The van der Waals surface area contributed by atoms with E-state index in [1.54, 1.807) is 12.1 Å². The van der Waals surface area contributed by atoms with E-state index in [4.69, 9.17) is 5.73 Å². The second-order valence-electron chi connectivity index (χ2n) is 5.76. The SMILES string of the molecule is N[C@H]1CCN2c3c(cccc31)C(=O)N[C@@H]2c1ccc(F)cc1. The summed E-state index contributed by atoms with van der Waals surface area (Å²) in [7, 11) is 0. The van der Waals surface area contributed by atoms with Crippen LogP contribution in [0.3, 0.4) is 0 Å². The largest absolute Gasteiger partial charge is 0.346 e. The van der Waals surface area contributed by atoms with Crippen molar-refractivity contribution in [3.05, 3.63) is 65.0 Å². The molecule has 3 N–H and O–H groups in total. The normalized spacial score (nSPS) is 23.0. The predicted octanol–water partition coefficient (Wildman–Crippen LogP) is 2.48. The molecule has 4 rings (SSSR count). The number of para-hydroxylation sites is 1. The molecule has 0 fully saturated rings. The lowest BCUT2D eigenvalue weighted by atomic mass is 9.90. The van der Waals surface area contributed by atoms with Gasteiger partial charge in [-0.25, -0.2) is 4.39 Å². The first-order valence-corrected chi connectivity index (χ1v) is 7.36. The van der Waals surface area contributed by atoms with Crippen LogP contribution >= 0.6 is 0 Å². The molecule has 0 saturated heterocycles. The lowest BCUT2D eigenvalue weighted by Gasteiger charge is -2.44. The van der Waals surface area contributed by atoms with E-state index in [9.17, 15) is 9.18 Å². The molecule has 0 aliphatic carbocycles. The van der Waals surface area contributed by atoms with Gasteiger partial charge >= 0.3 is 0 Å². The maximum Gasteiger partial charge on any atom is 0.255 e. The van der Waals surface area contributed by atoms with Gasteiger partial charge in [0.25, 0.3) is 5.91 Å². The molecular formula is C17H16FN3O. The Kier molecular flexibility index (Phi) is 2.90. The Hall–Kier alpha value is -2.40. The van der Waals surface area contributed by atoms with Crippen LogP contribution in [-0.2, 0) is 0 Å². The Morgan fingerprint density at radius 1 is 1.18 bits per heavy atom. The van der Waals surface area contributed by atoms with Crippen LogP contribution in [0, 0.1) is 5.82 Å². The Bertz CT molecular complexity index is 744. The van der Waals surface area contributed by atoms with E-state index in [1.807, 2.05) is 18.2 Å². The van der Waals surface area contributed by atoms with Gasteiger partial charge in [0.05, 0.1) is 11.3 Å². The zero-order valence-corrected chi connectivity index (χ0v) is 11.9. The molecule has 22 heavy (non-hydrogen) atoms. The van der Waals surface area contributed by atoms with E-state index in [0.29, 0.717) is 5.56 Å². The van der Waals surface area contributed by atoms with Crippen LogP contribution in [0.25, 0.3) is 0 Å². The molecule has 0 saturated carbocycles. The number of amides is 1. The van der Waals surface area contributed by atoms with Crippen molar-refractivity contribution in [3.63, 3.8) is 0 Å². The smallest absolute Gasteiger partial charge is 0.255 e. The highest BCUT2D eigenvalue weighted by Gasteiger charge is 2.36. The fourth-order valence-electron chi connectivity index (χ4n) is 3.36. The van der Waals surface area contributed by atoms with Crippen LogP contribution in [0.15, 0.2) is 42.5 Å². The van der Waals surface area contributed by atoms with Crippen LogP contribution in [0.5, 0.6) is 0 Å². The van der Waals surface area contributed by atoms with Gasteiger partial charge in [0.15, 0.2) is 0 Å². The molecule has 0 bridgehead atoms. The average Bonchev–Trinajstić information content (AvgIpc) is 2.53. The molecule has 0 spiro atoms. The third-order valence-corrected chi connectivity index (χ3v) is 4.44. The Morgan fingerprint density at radius 2 is 1.95 bits per heavy atom. The molecule has 2 atom stereocenters. The summed E-state index contributed by atoms with van der Waals surface area (Å²) < 4.78 is 13.2. The molecule has 2 aromatic rings. The number of rotatable bonds is 1. The highest BCUT2D eigenvalue weighted by atomic mass is 19.1. The van der Waals surface area contributed by atoms with Crippen molar-refractivity contribution < 1.29 is 9.18 Å². The third-order valence-electron chi connectivity index (χ3n) is 4.44. The maximum absolute atomic E-state index is 13.2. The van der Waals surface area contributed by atoms with Gasteiger partial charge in [-0.1, -0.05) is 24.3 Å². The summed E-state index contributed by atoms with van der Waals surface area (Å²) in [4.78, 5) is 14.6. The Morgan fingerprint density at radius 3 is 2.73 bits per heavy atom. The molecular weight excluding hydrogens is 281 g/mol. The first-order chi connectivity index (χ1) is 10.6. The lowest BCUT2D eigenvalue weighted by molar-refractivity contribution is 0.0925. The number of nitrogens with zero attached hydrogens (tertiary/aromatic N) is 1. The second-order valence-corrected chi connectivity index (χ2v) is 5.76. The van der Waals surface area contributed by atoms with Gasteiger partial charge in [-0.05, 0) is 35.7 Å². The van der Waals surface area contributed by atoms with Crippen molar-refractivity contribution in [1.82, 2.24) is 5.32 Å². The molecule has 2 aromatic carbocycles. The van der Waals surface area contributed by atoms with Crippen molar-refractivity contribution in [2.75, 3.05) is 11.4 Å². The molecule has 1 amide bonds. The van der Waals surface area contributed by atoms with Crippen LogP contribution in [0.1, 0.15) is 40.1 Å². The van der Waals surface area contributed by atoms with E-state index >= 15 is 0 Å². The summed E-state index contributed by atoms with van der Waals surface area (Å²) >= 11 is 0. The summed E-state index contributed by atoms with van der Waals surface area (Å²) in [5, 5.41) is 3.01. The number of halogens is 1. The van der Waals surface area contributed by atoms with Crippen molar-refractivity contribution >= 4 is 11.6 Å². The third kappa shape index (κ3) is 1.89. The monoisotopic (exact) mass is 297 g/mol. The average molecular weight is 297 g/mol. The fourth-order valence-corrected chi connectivity index (χ4v) is 3.36. The topological polar surface area (TPSA) is 58.4 Å². The van der Waals surface area contributed by atoms with Crippen molar-refractivity contribution in [3.8, 4) is 0 Å². The van der Waals surface area contributed by atoms with Gasteiger partial charge < -0.3 is 16.0 Å². The minimum atomic E-state index is -0.285. The molecule has 2 aliphatic rings. The summed E-state index contributed by atoms with van der Waals surface area (Å²) in [5.41, 5.74) is 9.64. The second kappa shape index (κ2) is 4.81. The Labute approximate surface area is 127 Å². The van der Waals surface area contributed by atoms with Gasteiger partial charge in [-0.3, -0.25) is 4.79 Å². The van der Waals surface area contributed by atoms with Gasteiger partial charge in [-0.15, -0.1) is 0 Å². The molecule has 4 nitrogen and oxygen atoms in total. The number of benzene rings is 2. The number of hydrogen-bond donors (Lipinski definition) is 2. The highest BCUT2D eigenvalue weighted by molar-refractivity contribution is 6.03. The molecule has 0 radical (unpaired) electrons. The van der Waals surface area contributed by atoms with Crippen LogP contribution in [-0.4, -0.2) is 12.5 Å². The summed E-state index contributed by atoms with van der Waals surface area (Å²) in [6.45, 7) is 0.757. The number of nitrogens with two attached hydrogens (primary N) is 1. The first kappa shape index (κ1) is 13.3. The van der Waals surface area contributed by atoms with Gasteiger partial charge in [0.1, 0.15) is 12.0 Å².